The van der Waals surface area contributed by atoms with Gasteiger partial charge in [-0.25, -0.2) is 0 Å². The van der Waals surface area contributed by atoms with Crippen LogP contribution in [0.2, 0.25) is 0 Å². The molecule has 2 N–H and O–H groups in total. The van der Waals surface area contributed by atoms with Crippen molar-refractivity contribution in [3.8, 4) is 22.3 Å². The lowest BCUT2D eigenvalue weighted by Gasteiger charge is -2.32. The Morgan fingerprint density at radius 3 is 2.28 bits per heavy atom. The van der Waals surface area contributed by atoms with Gasteiger partial charge in [0.05, 0.1) is 5.41 Å². The van der Waals surface area contributed by atoms with Crippen LogP contribution in [0.15, 0.2) is 139 Å². The Balaban J connectivity index is 1.13. The first-order chi connectivity index (χ1) is 26.6. The van der Waals surface area contributed by atoms with Gasteiger partial charge in [0.2, 0.25) is 0 Å². The largest absolute Gasteiger partial charge is 0.326 e. The molecule has 1 nitrogen and oxygen atoms in total. The van der Waals surface area contributed by atoms with E-state index in [1.807, 2.05) is 0 Å². The predicted molar refractivity (Wildman–Crippen MR) is 229 cm³/mol. The molecule has 10 rings (SSSR count). The maximum Gasteiger partial charge on any atom is 0.0685 e. The van der Waals surface area contributed by atoms with Crippen LogP contribution in [0, 0.1) is 0 Å². The van der Waals surface area contributed by atoms with Crippen LogP contribution in [0.5, 0.6) is 0 Å². The predicted octanol–water partition coefficient (Wildman–Crippen LogP) is 12.9. The summed E-state index contributed by atoms with van der Waals surface area (Å²) in [5.41, 5.74) is 31.2. The maximum atomic E-state index is 6.70. The van der Waals surface area contributed by atoms with Gasteiger partial charge in [-0.1, -0.05) is 147 Å². The minimum atomic E-state index is -0.350. The van der Waals surface area contributed by atoms with E-state index in [4.69, 9.17) is 5.73 Å². The summed E-state index contributed by atoms with van der Waals surface area (Å²) >= 11 is 0. The molecule has 0 aliphatic heterocycles. The van der Waals surface area contributed by atoms with Crippen LogP contribution >= 0.6 is 0 Å². The van der Waals surface area contributed by atoms with E-state index in [-0.39, 0.29) is 11.3 Å². The molecule has 2 atom stereocenters. The van der Waals surface area contributed by atoms with Crippen LogP contribution < -0.4 is 5.73 Å². The third kappa shape index (κ3) is 4.74. The van der Waals surface area contributed by atoms with Gasteiger partial charge in [-0.2, -0.15) is 0 Å². The molecule has 0 saturated carbocycles. The monoisotopic (exact) mass is 697 g/mol. The molecule has 264 valence electrons. The van der Waals surface area contributed by atoms with Gasteiger partial charge >= 0.3 is 0 Å². The molecule has 5 aliphatic carbocycles. The van der Waals surface area contributed by atoms with Crippen molar-refractivity contribution in [2.45, 2.75) is 70.3 Å². The first-order valence-electron chi connectivity index (χ1n) is 20.1. The fraction of sp³-hybridized carbons (Fsp3) is 0.208. The first kappa shape index (κ1) is 33.1. The molecule has 0 bridgehead atoms. The summed E-state index contributed by atoms with van der Waals surface area (Å²) in [5.74, 6) is 0.223. The molecule has 0 aromatic heterocycles. The van der Waals surface area contributed by atoms with Gasteiger partial charge in [0.25, 0.3) is 0 Å². The third-order valence-electron chi connectivity index (χ3n) is 13.0. The average molecular weight is 698 g/mol. The van der Waals surface area contributed by atoms with Crippen molar-refractivity contribution in [1.82, 2.24) is 0 Å². The molecule has 0 heterocycles. The van der Waals surface area contributed by atoms with Gasteiger partial charge in [-0.15, -0.1) is 0 Å². The molecular weight excluding hydrogens is 651 g/mol. The molecule has 1 spiro atoms. The van der Waals surface area contributed by atoms with Crippen molar-refractivity contribution in [2.24, 2.45) is 5.73 Å². The topological polar surface area (TPSA) is 26.0 Å². The second kappa shape index (κ2) is 13.1. The van der Waals surface area contributed by atoms with Gasteiger partial charge in [0.15, 0.2) is 0 Å². The molecule has 54 heavy (non-hydrogen) atoms. The molecule has 0 saturated heterocycles. The zero-order chi connectivity index (χ0) is 36.4. The Hall–Kier alpha value is -5.50. The van der Waals surface area contributed by atoms with Crippen LogP contribution in [0.25, 0.3) is 45.6 Å². The highest BCUT2D eigenvalue weighted by Gasteiger charge is 2.52. The molecule has 0 fully saturated rings. The van der Waals surface area contributed by atoms with Crippen molar-refractivity contribution in [2.75, 3.05) is 0 Å². The molecular formula is C53H47N. The second-order valence-electron chi connectivity index (χ2n) is 15.6. The summed E-state index contributed by atoms with van der Waals surface area (Å²) in [5, 5.41) is 0. The van der Waals surface area contributed by atoms with Gasteiger partial charge in [0.1, 0.15) is 0 Å². The minimum Gasteiger partial charge on any atom is -0.326 e. The number of allylic oxidation sites excluding steroid dienone is 10. The maximum absolute atomic E-state index is 6.70. The van der Waals surface area contributed by atoms with Crippen LogP contribution in [-0.4, -0.2) is 0 Å². The summed E-state index contributed by atoms with van der Waals surface area (Å²) < 4.78 is 0. The Kier molecular flexibility index (Phi) is 8.04. The quantitative estimate of drug-likeness (QED) is 0.188. The first-order valence-corrected chi connectivity index (χ1v) is 20.1. The molecule has 5 aromatic carbocycles. The van der Waals surface area contributed by atoms with Crippen LogP contribution in [0.3, 0.4) is 0 Å². The minimum absolute atomic E-state index is 0.223. The second-order valence-corrected chi connectivity index (χ2v) is 15.6. The van der Waals surface area contributed by atoms with Crippen LogP contribution in [0.4, 0.5) is 0 Å². The number of nitrogens with two attached hydrogens (primary N) is 1. The normalized spacial score (nSPS) is 20.3. The smallest absolute Gasteiger partial charge is 0.0685 e. The van der Waals surface area contributed by atoms with Gasteiger partial charge < -0.3 is 5.73 Å². The van der Waals surface area contributed by atoms with Crippen molar-refractivity contribution >= 4 is 23.3 Å². The van der Waals surface area contributed by atoms with Crippen LogP contribution in [0.1, 0.15) is 107 Å². The van der Waals surface area contributed by atoms with E-state index in [9.17, 15) is 0 Å². The van der Waals surface area contributed by atoms with E-state index in [0.717, 1.165) is 38.5 Å². The van der Waals surface area contributed by atoms with Gasteiger partial charge in [0, 0.05) is 12.5 Å². The van der Waals surface area contributed by atoms with Crippen LogP contribution in [-0.2, 0) is 24.8 Å². The number of fused-ring (bicyclic) bond motifs is 10. The van der Waals surface area contributed by atoms with E-state index in [2.05, 4.69) is 160 Å². The summed E-state index contributed by atoms with van der Waals surface area (Å²) in [4.78, 5) is 0. The standard InChI is InChI=1S/C53H47N/c1-3-4-16-39-34(2)53(48-24-13-11-21-44(39)48)49-25-14-12-23-46(49)52-50(53)31-30-38(33-54)51(52)45-22-10-7-17-40(45)35-26-28-36(29-27-35)47-32-37-15-5-6-18-41(37)42-19-8-9-20-43(42)47/h4-5,7,9-16,20-32,40H,3,6,8,17-19,33,54H2,1-2H3/b16-4-. The number of hydrogen-bond donors (Lipinski definition) is 1. The average Bonchev–Trinajstić information content (AvgIpc) is 3.68. The molecule has 0 amide bonds. The Morgan fingerprint density at radius 1 is 0.741 bits per heavy atom. The highest BCUT2D eigenvalue weighted by molar-refractivity contribution is 6.00. The van der Waals surface area contributed by atoms with E-state index in [1.165, 1.54) is 89.0 Å². The third-order valence-corrected chi connectivity index (χ3v) is 13.0. The summed E-state index contributed by atoms with van der Waals surface area (Å²) in [7, 11) is 0. The van der Waals surface area contributed by atoms with Gasteiger partial charge in [-0.3, -0.25) is 0 Å². The zero-order valence-electron chi connectivity index (χ0n) is 31.5. The lowest BCUT2D eigenvalue weighted by atomic mass is 9.69. The molecule has 1 heteroatoms. The SMILES string of the molecule is CC/C=C\C1=C(C)C2(c3ccccc31)c1ccccc1-c1c2ccc(CN)c1C1=CC=CCC1c1ccc(-c2cc3c(c4c2C=CCC4)CCC=C3)cc1. The van der Waals surface area contributed by atoms with E-state index in [1.54, 1.807) is 11.1 Å². The lowest BCUT2D eigenvalue weighted by molar-refractivity contribution is 0.765. The van der Waals surface area contributed by atoms with E-state index >= 15 is 0 Å². The fourth-order valence-corrected chi connectivity index (χ4v) is 10.6. The molecule has 5 aromatic rings. The Morgan fingerprint density at radius 2 is 1.48 bits per heavy atom. The van der Waals surface area contributed by atoms with Gasteiger partial charge in [-0.05, 0) is 152 Å². The van der Waals surface area contributed by atoms with Crippen molar-refractivity contribution in [3.63, 3.8) is 0 Å². The molecule has 0 radical (unpaired) electrons. The molecule has 2 unspecified atom stereocenters. The number of rotatable bonds is 6. The zero-order valence-corrected chi connectivity index (χ0v) is 31.5. The Labute approximate surface area is 320 Å². The summed E-state index contributed by atoms with van der Waals surface area (Å²) in [6, 6.07) is 35.0. The highest BCUT2D eigenvalue weighted by atomic mass is 14.6. The van der Waals surface area contributed by atoms with E-state index < -0.39 is 0 Å². The van der Waals surface area contributed by atoms with E-state index in [0.29, 0.717) is 6.54 Å². The molecule has 5 aliphatic rings. The number of hydrogen-bond acceptors (Lipinski definition) is 1. The Bertz CT molecular complexity index is 2550. The summed E-state index contributed by atoms with van der Waals surface area (Å²) in [6.45, 7) is 5.08. The number of benzene rings is 5. The van der Waals surface area contributed by atoms with Crippen molar-refractivity contribution < 1.29 is 0 Å². The lowest BCUT2D eigenvalue weighted by Crippen LogP contribution is -2.26. The van der Waals surface area contributed by atoms with Crippen molar-refractivity contribution in [1.29, 1.82) is 0 Å². The highest BCUT2D eigenvalue weighted by Crippen LogP contribution is 2.63. The summed E-state index contributed by atoms with van der Waals surface area (Å²) in [6.07, 6.45) is 27.6. The van der Waals surface area contributed by atoms with Crippen molar-refractivity contribution in [3.05, 3.63) is 200 Å². The fourth-order valence-electron chi connectivity index (χ4n) is 10.6.